The van der Waals surface area contributed by atoms with Crippen molar-refractivity contribution in [2.24, 2.45) is 0 Å². The number of hydrogen-bond donors (Lipinski definition) is 1. The van der Waals surface area contributed by atoms with Crippen LogP contribution in [0.3, 0.4) is 0 Å². The van der Waals surface area contributed by atoms with E-state index in [2.05, 4.69) is 19.2 Å². The number of hydrogen-bond acceptors (Lipinski definition) is 8. The largest absolute Gasteiger partial charge is 0.469 e. The van der Waals surface area contributed by atoms with Gasteiger partial charge < -0.3 is 9.47 Å². The first kappa shape index (κ1) is 15.4. The number of carbonyl (C=O) groups is 2. The first-order chi connectivity index (χ1) is 8.86. The summed E-state index contributed by atoms with van der Waals surface area (Å²) in [5.41, 5.74) is 0.382. The molecule has 0 fully saturated rings. The van der Waals surface area contributed by atoms with Crippen LogP contribution in [-0.4, -0.2) is 45.3 Å². The Morgan fingerprint density at radius 1 is 1.32 bits per heavy atom. The van der Waals surface area contributed by atoms with Crippen molar-refractivity contribution in [3.05, 3.63) is 11.1 Å². The molecule has 0 bridgehead atoms. The van der Waals surface area contributed by atoms with E-state index in [-0.39, 0.29) is 11.6 Å². The van der Waals surface area contributed by atoms with Crippen LogP contribution in [0.25, 0.3) is 0 Å². The van der Waals surface area contributed by atoms with Gasteiger partial charge in [0.25, 0.3) is 0 Å². The second-order valence-electron chi connectivity index (χ2n) is 3.33. The molecule has 1 aromatic heterocycles. The lowest BCUT2D eigenvalue weighted by Gasteiger charge is -2.03. The lowest BCUT2D eigenvalue weighted by atomic mass is 10.3. The third-order valence-electron chi connectivity index (χ3n) is 1.88. The summed E-state index contributed by atoms with van der Waals surface area (Å²) in [7, 11) is -1.52. The molecule has 8 nitrogen and oxygen atoms in total. The van der Waals surface area contributed by atoms with Crippen molar-refractivity contribution in [3.8, 4) is 0 Å². The van der Waals surface area contributed by atoms with E-state index < -0.39 is 27.7 Å². The van der Waals surface area contributed by atoms with E-state index in [1.54, 1.807) is 0 Å². The van der Waals surface area contributed by atoms with Gasteiger partial charge >= 0.3 is 11.9 Å². The van der Waals surface area contributed by atoms with E-state index in [0.29, 0.717) is 5.69 Å². The van der Waals surface area contributed by atoms with Gasteiger partial charge in [-0.25, -0.2) is 13.4 Å². The van der Waals surface area contributed by atoms with Crippen LogP contribution in [0.1, 0.15) is 5.69 Å². The summed E-state index contributed by atoms with van der Waals surface area (Å²) in [6.45, 7) is 0. The molecule has 1 aromatic rings. The fourth-order valence-electron chi connectivity index (χ4n) is 1.04. The van der Waals surface area contributed by atoms with Crippen LogP contribution in [0.15, 0.2) is 5.38 Å². The van der Waals surface area contributed by atoms with Crippen LogP contribution >= 0.6 is 11.3 Å². The number of sulfonamides is 1. The van der Waals surface area contributed by atoms with Crippen LogP contribution in [0, 0.1) is 0 Å². The molecule has 1 N–H and O–H groups in total. The van der Waals surface area contributed by atoms with Gasteiger partial charge in [-0.3, -0.25) is 14.3 Å². The highest BCUT2D eigenvalue weighted by molar-refractivity contribution is 7.93. The minimum Gasteiger partial charge on any atom is -0.469 e. The highest BCUT2D eigenvalue weighted by Crippen LogP contribution is 2.17. The van der Waals surface area contributed by atoms with Crippen LogP contribution in [-0.2, 0) is 35.5 Å². The Bertz CT molecular complexity index is 565. The summed E-state index contributed by atoms with van der Waals surface area (Å²) >= 11 is 1.00. The average molecular weight is 308 g/mol. The first-order valence-electron chi connectivity index (χ1n) is 4.95. The molecular formula is C9H12N2O6S2. The summed E-state index contributed by atoms with van der Waals surface area (Å²) in [6, 6.07) is 0. The minimum absolute atomic E-state index is 0.0499. The predicted molar refractivity (Wildman–Crippen MR) is 67.3 cm³/mol. The number of carbonyl (C=O) groups excluding carboxylic acids is 2. The standard InChI is InChI=1S/C9H12N2O6S2/c1-16-7(12)3-6-4-18-9(10-6)11-19(14,15)5-8(13)17-2/h4H,3,5H2,1-2H3,(H,10,11). The van der Waals surface area contributed by atoms with E-state index >= 15 is 0 Å². The van der Waals surface area contributed by atoms with Gasteiger partial charge in [-0.2, -0.15) is 0 Å². The number of aromatic nitrogens is 1. The molecule has 1 rings (SSSR count). The SMILES string of the molecule is COC(=O)Cc1csc(NS(=O)(=O)CC(=O)OC)n1. The number of ether oxygens (including phenoxy) is 2. The van der Waals surface area contributed by atoms with Gasteiger partial charge in [0, 0.05) is 5.38 Å². The lowest BCUT2D eigenvalue weighted by Crippen LogP contribution is -2.23. The molecule has 1 heterocycles. The van der Waals surface area contributed by atoms with Gasteiger partial charge in [0.2, 0.25) is 10.0 Å². The fraction of sp³-hybridized carbons (Fsp3) is 0.444. The smallest absolute Gasteiger partial charge is 0.322 e. The first-order valence-corrected chi connectivity index (χ1v) is 7.48. The van der Waals surface area contributed by atoms with Crippen molar-refractivity contribution in [2.45, 2.75) is 6.42 Å². The van der Waals surface area contributed by atoms with Crippen molar-refractivity contribution in [1.82, 2.24) is 4.98 Å². The molecule has 0 radical (unpaired) electrons. The Hall–Kier alpha value is -1.68. The summed E-state index contributed by atoms with van der Waals surface area (Å²) in [5.74, 6) is -2.15. The molecule has 10 heteroatoms. The summed E-state index contributed by atoms with van der Waals surface area (Å²) in [6.07, 6.45) is -0.0499. The van der Waals surface area contributed by atoms with E-state index in [0.717, 1.165) is 18.4 Å². The molecule has 106 valence electrons. The second kappa shape index (κ2) is 6.48. The normalized spacial score (nSPS) is 10.8. The molecule has 0 aliphatic carbocycles. The zero-order valence-corrected chi connectivity index (χ0v) is 11.8. The summed E-state index contributed by atoms with van der Waals surface area (Å²) in [5, 5.41) is 1.59. The van der Waals surface area contributed by atoms with E-state index in [9.17, 15) is 18.0 Å². The van der Waals surface area contributed by atoms with E-state index in [1.165, 1.54) is 12.5 Å². The van der Waals surface area contributed by atoms with Crippen molar-refractivity contribution >= 4 is 38.4 Å². The molecule has 0 amide bonds. The molecule has 0 aliphatic rings. The Morgan fingerprint density at radius 2 is 1.95 bits per heavy atom. The quantitative estimate of drug-likeness (QED) is 0.723. The van der Waals surface area contributed by atoms with Gasteiger partial charge in [0.1, 0.15) is 0 Å². The molecule has 0 unspecified atom stereocenters. The molecular weight excluding hydrogens is 296 g/mol. The molecule has 0 spiro atoms. The highest BCUT2D eigenvalue weighted by Gasteiger charge is 2.18. The minimum atomic E-state index is -3.86. The maximum Gasteiger partial charge on any atom is 0.322 e. The molecule has 0 atom stereocenters. The molecule has 19 heavy (non-hydrogen) atoms. The van der Waals surface area contributed by atoms with Gasteiger partial charge in [-0.1, -0.05) is 0 Å². The van der Waals surface area contributed by atoms with Gasteiger partial charge in [0.15, 0.2) is 10.9 Å². The number of nitrogens with one attached hydrogen (secondary N) is 1. The number of thiazole rings is 1. The zero-order chi connectivity index (χ0) is 14.5. The lowest BCUT2D eigenvalue weighted by molar-refractivity contribution is -0.140. The van der Waals surface area contributed by atoms with Crippen molar-refractivity contribution in [3.63, 3.8) is 0 Å². The summed E-state index contributed by atoms with van der Waals surface area (Å²) < 4.78 is 33.9. The molecule has 0 saturated carbocycles. The number of esters is 2. The molecule has 0 aliphatic heterocycles. The van der Waals surface area contributed by atoms with Gasteiger partial charge in [0.05, 0.1) is 26.3 Å². The van der Waals surface area contributed by atoms with Crippen molar-refractivity contribution < 1.29 is 27.5 Å². The third-order valence-corrected chi connectivity index (χ3v) is 3.94. The summed E-state index contributed by atoms with van der Waals surface area (Å²) in [4.78, 5) is 25.8. The predicted octanol–water partition coefficient (Wildman–Crippen LogP) is -0.227. The van der Waals surface area contributed by atoms with Gasteiger partial charge in [-0.15, -0.1) is 11.3 Å². The number of anilines is 1. The monoisotopic (exact) mass is 308 g/mol. The maximum absolute atomic E-state index is 11.5. The molecule has 0 saturated heterocycles. The van der Waals surface area contributed by atoms with Crippen LogP contribution < -0.4 is 4.72 Å². The Balaban J connectivity index is 2.67. The van der Waals surface area contributed by atoms with Crippen molar-refractivity contribution in [2.75, 3.05) is 24.7 Å². The van der Waals surface area contributed by atoms with Crippen molar-refractivity contribution in [1.29, 1.82) is 0 Å². The second-order valence-corrected chi connectivity index (χ2v) is 5.91. The van der Waals surface area contributed by atoms with Crippen LogP contribution in [0.5, 0.6) is 0 Å². The average Bonchev–Trinajstić information content (AvgIpc) is 2.74. The third kappa shape index (κ3) is 5.22. The Morgan fingerprint density at radius 3 is 2.53 bits per heavy atom. The zero-order valence-electron chi connectivity index (χ0n) is 10.2. The number of methoxy groups -OCH3 is 2. The van der Waals surface area contributed by atoms with Crippen LogP contribution in [0.4, 0.5) is 5.13 Å². The fourth-order valence-corrected chi connectivity index (χ4v) is 2.98. The van der Waals surface area contributed by atoms with E-state index in [4.69, 9.17) is 0 Å². The Kier molecular flexibility index (Phi) is 5.24. The molecule has 0 aromatic carbocycles. The van der Waals surface area contributed by atoms with Crippen LogP contribution in [0.2, 0.25) is 0 Å². The highest BCUT2D eigenvalue weighted by atomic mass is 32.2. The number of nitrogens with zero attached hydrogens (tertiary/aromatic N) is 1. The van der Waals surface area contributed by atoms with Gasteiger partial charge in [-0.05, 0) is 0 Å². The topological polar surface area (TPSA) is 112 Å². The Labute approximate surface area is 113 Å². The maximum atomic E-state index is 11.5. The number of rotatable bonds is 6. The van der Waals surface area contributed by atoms with E-state index in [1.807, 2.05) is 0 Å².